The van der Waals surface area contributed by atoms with E-state index in [4.69, 9.17) is 0 Å². The number of hydrogen-bond donors (Lipinski definition) is 1. The van der Waals surface area contributed by atoms with E-state index in [9.17, 15) is 9.59 Å². The van der Waals surface area contributed by atoms with Gasteiger partial charge in [0.2, 0.25) is 0 Å². The first-order valence-corrected chi connectivity index (χ1v) is 8.00. The second-order valence-electron chi connectivity index (χ2n) is 7.22. The number of nitrogens with zero attached hydrogens (tertiary/aromatic N) is 2. The third kappa shape index (κ3) is 3.90. The molecule has 0 radical (unpaired) electrons. The van der Waals surface area contributed by atoms with Crippen LogP contribution in [0.1, 0.15) is 33.6 Å². The smallest absolute Gasteiger partial charge is 0.317 e. The largest absolute Gasteiger partial charge is 0.338 e. The molecule has 1 N–H and O–H groups in total. The zero-order valence-corrected chi connectivity index (χ0v) is 13.9. The molecular weight excluding hydrogens is 278 g/mol. The van der Waals surface area contributed by atoms with Crippen LogP contribution in [0.4, 0.5) is 4.79 Å². The summed E-state index contributed by atoms with van der Waals surface area (Å²) in [6.45, 7) is 13.5. The maximum absolute atomic E-state index is 11.9. The Morgan fingerprint density at radius 2 is 2.00 bits per heavy atom. The van der Waals surface area contributed by atoms with Crippen molar-refractivity contribution in [2.24, 2.45) is 11.3 Å². The van der Waals surface area contributed by atoms with E-state index in [-0.39, 0.29) is 17.4 Å². The molecule has 122 valence electrons. The van der Waals surface area contributed by atoms with Gasteiger partial charge in [-0.2, -0.15) is 0 Å². The van der Waals surface area contributed by atoms with Crippen LogP contribution in [0.3, 0.4) is 0 Å². The van der Waals surface area contributed by atoms with Crippen molar-refractivity contribution in [1.29, 1.82) is 0 Å². The molecule has 0 aromatic heterocycles. The van der Waals surface area contributed by atoms with Gasteiger partial charge in [-0.05, 0) is 30.3 Å². The Balaban J connectivity index is 1.55. The van der Waals surface area contributed by atoms with E-state index in [0.29, 0.717) is 19.0 Å². The lowest BCUT2D eigenvalue weighted by Gasteiger charge is -2.46. The van der Waals surface area contributed by atoms with Crippen LogP contribution in [0.15, 0.2) is 24.4 Å². The molecule has 0 spiro atoms. The third-order valence-corrected chi connectivity index (χ3v) is 4.51. The van der Waals surface area contributed by atoms with Gasteiger partial charge in [0.15, 0.2) is 0 Å². The highest BCUT2D eigenvalue weighted by Crippen LogP contribution is 2.33. The van der Waals surface area contributed by atoms with Gasteiger partial charge in [0.1, 0.15) is 0 Å². The van der Waals surface area contributed by atoms with Crippen LogP contribution in [-0.4, -0.2) is 47.9 Å². The first kappa shape index (κ1) is 16.6. The van der Waals surface area contributed by atoms with Gasteiger partial charge in [-0.1, -0.05) is 27.4 Å². The first-order valence-electron chi connectivity index (χ1n) is 8.00. The number of likely N-dealkylation sites (tertiary alicyclic amines) is 1. The zero-order valence-electron chi connectivity index (χ0n) is 13.9. The lowest BCUT2D eigenvalue weighted by Crippen LogP contribution is -2.57. The summed E-state index contributed by atoms with van der Waals surface area (Å²) in [5.41, 5.74) is 1.03. The van der Waals surface area contributed by atoms with Gasteiger partial charge in [0.25, 0.3) is 5.91 Å². The number of amides is 3. The van der Waals surface area contributed by atoms with Gasteiger partial charge < -0.3 is 15.1 Å². The summed E-state index contributed by atoms with van der Waals surface area (Å²) in [5, 5.41) is 2.95. The minimum Gasteiger partial charge on any atom is -0.338 e. The molecule has 0 atom stereocenters. The van der Waals surface area contributed by atoms with Crippen LogP contribution in [0, 0.1) is 11.3 Å². The van der Waals surface area contributed by atoms with Crippen LogP contribution >= 0.6 is 0 Å². The van der Waals surface area contributed by atoms with Gasteiger partial charge in [-0.25, -0.2) is 4.79 Å². The summed E-state index contributed by atoms with van der Waals surface area (Å²) in [5.74, 6) is 0.598. The van der Waals surface area contributed by atoms with Crippen LogP contribution in [0.2, 0.25) is 0 Å². The summed E-state index contributed by atoms with van der Waals surface area (Å²) in [6, 6.07) is 0.0313. The Bertz CT molecular complexity index is 467. The fraction of sp³-hybridized carbons (Fsp3) is 0.647. The average Bonchev–Trinajstić information content (AvgIpc) is 2.66. The second-order valence-corrected chi connectivity index (χ2v) is 7.22. The molecule has 0 unspecified atom stereocenters. The molecule has 1 fully saturated rings. The standard InChI is InChI=1S/C17H27N3O2/c1-13-7-8-15(21)20(13)10-6-5-9-18-16(22)19-11-14(12-19)17(2,3)4/h7-8,14H,1,5-6,9-12H2,2-4H3,(H,18,22). The lowest BCUT2D eigenvalue weighted by atomic mass is 9.76. The third-order valence-electron chi connectivity index (χ3n) is 4.51. The minimum absolute atomic E-state index is 0.00263. The van der Waals surface area contributed by atoms with Crippen molar-refractivity contribution in [3.05, 3.63) is 24.4 Å². The van der Waals surface area contributed by atoms with E-state index in [2.05, 4.69) is 32.7 Å². The zero-order chi connectivity index (χ0) is 16.3. The Hall–Kier alpha value is -1.78. The van der Waals surface area contributed by atoms with Gasteiger partial charge in [-0.3, -0.25) is 4.79 Å². The highest BCUT2D eigenvalue weighted by Gasteiger charge is 2.37. The molecule has 22 heavy (non-hydrogen) atoms. The Morgan fingerprint density at radius 1 is 1.32 bits per heavy atom. The summed E-state index contributed by atoms with van der Waals surface area (Å²) < 4.78 is 0. The Morgan fingerprint density at radius 3 is 2.55 bits per heavy atom. The van der Waals surface area contributed by atoms with E-state index >= 15 is 0 Å². The topological polar surface area (TPSA) is 52.7 Å². The van der Waals surface area contributed by atoms with Crippen molar-refractivity contribution in [2.75, 3.05) is 26.2 Å². The van der Waals surface area contributed by atoms with E-state index < -0.39 is 0 Å². The van der Waals surface area contributed by atoms with Crippen LogP contribution in [-0.2, 0) is 4.79 Å². The summed E-state index contributed by atoms with van der Waals surface area (Å²) in [4.78, 5) is 27.0. The molecule has 2 rings (SSSR count). The number of urea groups is 1. The Kier molecular flexibility index (Phi) is 4.94. The van der Waals surface area contributed by atoms with Crippen molar-refractivity contribution in [2.45, 2.75) is 33.6 Å². The van der Waals surface area contributed by atoms with Gasteiger partial charge >= 0.3 is 6.03 Å². The minimum atomic E-state index is 0.00263. The SMILES string of the molecule is C=C1C=CC(=O)N1CCCCNC(=O)N1CC(C(C)(C)C)C1. The summed E-state index contributed by atoms with van der Waals surface area (Å²) in [6.07, 6.45) is 5.00. The second kappa shape index (κ2) is 6.55. The number of carbonyl (C=O) groups excluding carboxylic acids is 2. The number of nitrogens with one attached hydrogen (secondary N) is 1. The molecule has 1 saturated heterocycles. The predicted octanol–water partition coefficient (Wildman–Crippen LogP) is 2.37. The summed E-state index contributed by atoms with van der Waals surface area (Å²) in [7, 11) is 0. The average molecular weight is 305 g/mol. The van der Waals surface area contributed by atoms with Crippen molar-refractivity contribution in [1.82, 2.24) is 15.1 Å². The van der Waals surface area contributed by atoms with Crippen molar-refractivity contribution in [3.8, 4) is 0 Å². The van der Waals surface area contributed by atoms with E-state index in [1.165, 1.54) is 0 Å². The fourth-order valence-corrected chi connectivity index (χ4v) is 2.64. The molecule has 5 heteroatoms. The highest BCUT2D eigenvalue weighted by molar-refractivity contribution is 5.92. The number of unbranched alkanes of at least 4 members (excludes halogenated alkanes) is 1. The maximum atomic E-state index is 11.9. The molecule has 2 aliphatic heterocycles. The monoisotopic (exact) mass is 305 g/mol. The molecule has 2 aliphatic rings. The van der Waals surface area contributed by atoms with Gasteiger partial charge in [0.05, 0.1) is 0 Å². The first-order chi connectivity index (χ1) is 10.3. The van der Waals surface area contributed by atoms with E-state index in [1.807, 2.05) is 4.90 Å². The number of rotatable bonds is 5. The van der Waals surface area contributed by atoms with Gasteiger partial charge in [-0.15, -0.1) is 0 Å². The number of carbonyl (C=O) groups is 2. The van der Waals surface area contributed by atoms with Crippen LogP contribution < -0.4 is 5.32 Å². The normalized spacial score (nSPS) is 18.9. The molecule has 5 nitrogen and oxygen atoms in total. The van der Waals surface area contributed by atoms with Crippen molar-refractivity contribution < 1.29 is 9.59 Å². The van der Waals surface area contributed by atoms with Gasteiger partial charge in [0, 0.05) is 38.0 Å². The van der Waals surface area contributed by atoms with Crippen LogP contribution in [0.25, 0.3) is 0 Å². The predicted molar refractivity (Wildman–Crippen MR) is 87.1 cm³/mol. The van der Waals surface area contributed by atoms with Crippen molar-refractivity contribution in [3.63, 3.8) is 0 Å². The molecular formula is C17H27N3O2. The maximum Gasteiger partial charge on any atom is 0.317 e. The molecule has 2 heterocycles. The molecule has 0 aromatic carbocycles. The van der Waals surface area contributed by atoms with E-state index in [1.54, 1.807) is 17.1 Å². The van der Waals surface area contributed by atoms with Crippen molar-refractivity contribution >= 4 is 11.9 Å². The van der Waals surface area contributed by atoms with E-state index in [0.717, 1.165) is 31.6 Å². The summed E-state index contributed by atoms with van der Waals surface area (Å²) >= 11 is 0. The molecule has 0 aromatic rings. The lowest BCUT2D eigenvalue weighted by molar-refractivity contribution is -0.123. The quantitative estimate of drug-likeness (QED) is 0.793. The molecule has 0 saturated carbocycles. The number of hydrogen-bond acceptors (Lipinski definition) is 2. The molecule has 3 amide bonds. The molecule has 0 aliphatic carbocycles. The fourth-order valence-electron chi connectivity index (χ4n) is 2.64. The van der Waals surface area contributed by atoms with Crippen LogP contribution in [0.5, 0.6) is 0 Å². The highest BCUT2D eigenvalue weighted by atomic mass is 16.2. The Labute approximate surface area is 133 Å². The molecule has 0 bridgehead atoms. The number of allylic oxidation sites excluding steroid dienone is 1.